The lowest BCUT2D eigenvalue weighted by Crippen LogP contribution is -2.43. The standard InChI is InChI=1S/C11H23N3O/c1-13(2)11(15)14-8-5-10(6-9-14)4-3-7-12/h10H,3-9,12H2,1-2H3. The van der Waals surface area contributed by atoms with Crippen LogP contribution in [0.4, 0.5) is 4.79 Å². The van der Waals surface area contributed by atoms with E-state index in [4.69, 9.17) is 5.73 Å². The van der Waals surface area contributed by atoms with Gasteiger partial charge in [0.25, 0.3) is 0 Å². The summed E-state index contributed by atoms with van der Waals surface area (Å²) in [6.07, 6.45) is 4.62. The molecule has 0 aromatic carbocycles. The van der Waals surface area contributed by atoms with E-state index in [0.717, 1.165) is 44.8 Å². The van der Waals surface area contributed by atoms with Crippen molar-refractivity contribution in [2.45, 2.75) is 25.7 Å². The zero-order chi connectivity index (χ0) is 11.3. The second-order valence-electron chi connectivity index (χ2n) is 4.54. The topological polar surface area (TPSA) is 49.6 Å². The Morgan fingerprint density at radius 2 is 2.00 bits per heavy atom. The Bertz CT molecular complexity index is 198. The summed E-state index contributed by atoms with van der Waals surface area (Å²) in [5.74, 6) is 0.778. The third-order valence-corrected chi connectivity index (χ3v) is 3.08. The molecule has 88 valence electrons. The number of piperidine rings is 1. The van der Waals surface area contributed by atoms with Crippen molar-refractivity contribution in [3.8, 4) is 0 Å². The largest absolute Gasteiger partial charge is 0.331 e. The van der Waals surface area contributed by atoms with E-state index in [2.05, 4.69) is 0 Å². The molecule has 0 unspecified atom stereocenters. The quantitative estimate of drug-likeness (QED) is 0.763. The van der Waals surface area contributed by atoms with Gasteiger partial charge in [-0.05, 0) is 38.1 Å². The van der Waals surface area contributed by atoms with E-state index in [1.807, 2.05) is 19.0 Å². The first-order valence-electron chi connectivity index (χ1n) is 5.81. The molecule has 1 aliphatic rings. The van der Waals surface area contributed by atoms with Crippen LogP contribution in [0.2, 0.25) is 0 Å². The van der Waals surface area contributed by atoms with E-state index in [1.165, 1.54) is 6.42 Å². The van der Waals surface area contributed by atoms with Gasteiger partial charge >= 0.3 is 6.03 Å². The summed E-state index contributed by atoms with van der Waals surface area (Å²) in [6.45, 7) is 2.61. The zero-order valence-corrected chi connectivity index (χ0v) is 9.91. The van der Waals surface area contributed by atoms with Gasteiger partial charge in [-0.2, -0.15) is 0 Å². The predicted octanol–water partition coefficient (Wildman–Crippen LogP) is 1.12. The Balaban J connectivity index is 2.26. The second kappa shape index (κ2) is 5.95. The molecule has 0 aliphatic carbocycles. The first kappa shape index (κ1) is 12.3. The summed E-state index contributed by atoms with van der Waals surface area (Å²) >= 11 is 0. The van der Waals surface area contributed by atoms with Crippen LogP contribution in [0.5, 0.6) is 0 Å². The molecule has 1 rings (SSSR count). The predicted molar refractivity (Wildman–Crippen MR) is 61.7 cm³/mol. The van der Waals surface area contributed by atoms with Crippen molar-refractivity contribution < 1.29 is 4.79 Å². The van der Waals surface area contributed by atoms with Gasteiger partial charge < -0.3 is 15.5 Å². The minimum absolute atomic E-state index is 0.146. The third-order valence-electron chi connectivity index (χ3n) is 3.08. The first-order valence-corrected chi connectivity index (χ1v) is 5.81. The number of carbonyl (C=O) groups excluding carboxylic acids is 1. The van der Waals surface area contributed by atoms with Crippen LogP contribution in [-0.4, -0.2) is 49.6 Å². The van der Waals surface area contributed by atoms with Gasteiger partial charge in [0.15, 0.2) is 0 Å². The van der Waals surface area contributed by atoms with Gasteiger partial charge in [-0.3, -0.25) is 0 Å². The molecule has 15 heavy (non-hydrogen) atoms. The van der Waals surface area contributed by atoms with Gasteiger partial charge in [-0.15, -0.1) is 0 Å². The molecule has 1 saturated heterocycles. The molecule has 2 amide bonds. The monoisotopic (exact) mass is 213 g/mol. The summed E-state index contributed by atoms with van der Waals surface area (Å²) < 4.78 is 0. The molecule has 4 heteroatoms. The number of nitrogens with zero attached hydrogens (tertiary/aromatic N) is 2. The van der Waals surface area contributed by atoms with Gasteiger partial charge in [0.1, 0.15) is 0 Å². The highest BCUT2D eigenvalue weighted by molar-refractivity contribution is 5.73. The molecule has 4 nitrogen and oxygen atoms in total. The van der Waals surface area contributed by atoms with Gasteiger partial charge in [0.05, 0.1) is 0 Å². The summed E-state index contributed by atoms with van der Waals surface area (Å²) in [6, 6.07) is 0.146. The normalized spacial score (nSPS) is 17.9. The maximum Gasteiger partial charge on any atom is 0.319 e. The number of carbonyl (C=O) groups is 1. The van der Waals surface area contributed by atoms with Crippen LogP contribution in [0.15, 0.2) is 0 Å². The SMILES string of the molecule is CN(C)C(=O)N1CCC(CCCN)CC1. The van der Waals surface area contributed by atoms with Crippen LogP contribution in [0.1, 0.15) is 25.7 Å². The molecule has 1 aliphatic heterocycles. The highest BCUT2D eigenvalue weighted by Gasteiger charge is 2.22. The first-order chi connectivity index (χ1) is 7.15. The molecular weight excluding hydrogens is 190 g/mol. The average molecular weight is 213 g/mol. The summed E-state index contributed by atoms with van der Waals surface area (Å²) in [5.41, 5.74) is 5.49. The molecule has 1 fully saturated rings. The Kier molecular flexibility index (Phi) is 4.88. The molecule has 0 radical (unpaired) electrons. The zero-order valence-electron chi connectivity index (χ0n) is 9.91. The molecule has 0 saturated carbocycles. The minimum atomic E-state index is 0.146. The smallest absolute Gasteiger partial charge is 0.319 e. The van der Waals surface area contributed by atoms with Crippen molar-refractivity contribution in [3.63, 3.8) is 0 Å². The number of amides is 2. The number of hydrogen-bond acceptors (Lipinski definition) is 2. The van der Waals surface area contributed by atoms with Crippen molar-refractivity contribution in [2.24, 2.45) is 11.7 Å². The Morgan fingerprint density at radius 1 is 1.40 bits per heavy atom. The summed E-state index contributed by atoms with van der Waals surface area (Å²) in [4.78, 5) is 15.2. The van der Waals surface area contributed by atoms with Crippen molar-refractivity contribution in [3.05, 3.63) is 0 Å². The van der Waals surface area contributed by atoms with E-state index in [0.29, 0.717) is 0 Å². The molecule has 0 aromatic heterocycles. The van der Waals surface area contributed by atoms with E-state index in [1.54, 1.807) is 4.90 Å². The minimum Gasteiger partial charge on any atom is -0.331 e. The van der Waals surface area contributed by atoms with Crippen molar-refractivity contribution >= 4 is 6.03 Å². The Labute approximate surface area is 92.4 Å². The fraction of sp³-hybridized carbons (Fsp3) is 0.909. The second-order valence-corrected chi connectivity index (χ2v) is 4.54. The number of nitrogens with two attached hydrogens (primary N) is 1. The maximum atomic E-state index is 11.7. The lowest BCUT2D eigenvalue weighted by molar-refractivity contribution is 0.145. The van der Waals surface area contributed by atoms with E-state index in [9.17, 15) is 4.79 Å². The van der Waals surface area contributed by atoms with Gasteiger partial charge in [-0.1, -0.05) is 0 Å². The Morgan fingerprint density at radius 3 is 2.47 bits per heavy atom. The fourth-order valence-corrected chi connectivity index (χ4v) is 2.10. The highest BCUT2D eigenvalue weighted by atomic mass is 16.2. The van der Waals surface area contributed by atoms with Gasteiger partial charge in [-0.25, -0.2) is 4.79 Å². The number of likely N-dealkylation sites (tertiary alicyclic amines) is 1. The van der Waals surface area contributed by atoms with E-state index in [-0.39, 0.29) is 6.03 Å². The van der Waals surface area contributed by atoms with Crippen LogP contribution in [-0.2, 0) is 0 Å². The van der Waals surface area contributed by atoms with E-state index >= 15 is 0 Å². The van der Waals surface area contributed by atoms with Crippen LogP contribution >= 0.6 is 0 Å². The summed E-state index contributed by atoms with van der Waals surface area (Å²) in [5, 5.41) is 0. The summed E-state index contributed by atoms with van der Waals surface area (Å²) in [7, 11) is 3.62. The lowest BCUT2D eigenvalue weighted by Gasteiger charge is -2.33. The average Bonchev–Trinajstić information content (AvgIpc) is 2.26. The van der Waals surface area contributed by atoms with Crippen LogP contribution in [0, 0.1) is 5.92 Å². The molecule has 0 spiro atoms. The van der Waals surface area contributed by atoms with Gasteiger partial charge in [0.2, 0.25) is 0 Å². The van der Waals surface area contributed by atoms with Crippen molar-refractivity contribution in [2.75, 3.05) is 33.7 Å². The van der Waals surface area contributed by atoms with Crippen molar-refractivity contribution in [1.29, 1.82) is 0 Å². The molecule has 2 N–H and O–H groups in total. The van der Waals surface area contributed by atoms with Crippen LogP contribution < -0.4 is 5.73 Å². The number of urea groups is 1. The maximum absolute atomic E-state index is 11.7. The Hall–Kier alpha value is -0.770. The van der Waals surface area contributed by atoms with E-state index < -0.39 is 0 Å². The molecule has 0 atom stereocenters. The lowest BCUT2D eigenvalue weighted by atomic mass is 9.92. The molecule has 1 heterocycles. The van der Waals surface area contributed by atoms with Crippen LogP contribution in [0.3, 0.4) is 0 Å². The molecule has 0 aromatic rings. The molecule has 0 bridgehead atoms. The number of rotatable bonds is 3. The van der Waals surface area contributed by atoms with Crippen LogP contribution in [0.25, 0.3) is 0 Å². The number of hydrogen-bond donors (Lipinski definition) is 1. The van der Waals surface area contributed by atoms with Gasteiger partial charge in [0, 0.05) is 27.2 Å². The fourth-order valence-electron chi connectivity index (χ4n) is 2.10. The molecular formula is C11H23N3O. The third kappa shape index (κ3) is 3.70. The highest BCUT2D eigenvalue weighted by Crippen LogP contribution is 2.21. The van der Waals surface area contributed by atoms with Crippen molar-refractivity contribution in [1.82, 2.24) is 9.80 Å².